The number of nitrogen functional groups attached to an aromatic ring is 1. The normalized spacial score (nSPS) is 12.2. The molecule has 0 spiro atoms. The quantitative estimate of drug-likeness (QED) is 0.0186. The number of benzene rings is 4. The lowest BCUT2D eigenvalue weighted by Gasteiger charge is -2.17. The van der Waals surface area contributed by atoms with E-state index >= 15 is 0 Å². The topological polar surface area (TPSA) is 271 Å². The number of halogens is 4. The monoisotopic (exact) mass is 855 g/mol. The average Bonchev–Trinajstić information content (AvgIpc) is 3.15. The van der Waals surface area contributed by atoms with E-state index in [1.54, 1.807) is 36.2 Å². The van der Waals surface area contributed by atoms with Gasteiger partial charge in [-0.3, -0.25) is 9.11 Å². The molecule has 0 saturated heterocycles. The molecule has 59 heavy (non-hydrogen) atoms. The van der Waals surface area contributed by atoms with Gasteiger partial charge in [-0.2, -0.15) is 49.5 Å². The Morgan fingerprint density at radius 3 is 2.20 bits per heavy atom. The summed E-state index contributed by atoms with van der Waals surface area (Å²) in [5, 5.41) is 29.6. The van der Waals surface area contributed by atoms with Crippen LogP contribution >= 0.6 is 0 Å². The molecule has 0 aliphatic carbocycles. The maximum absolute atomic E-state index is 14.2. The lowest BCUT2D eigenvalue weighted by molar-refractivity contribution is 0.476. The first-order chi connectivity index (χ1) is 27.8. The molecule has 0 saturated carbocycles. The van der Waals surface area contributed by atoms with E-state index in [0.717, 1.165) is 42.2 Å². The maximum Gasteiger partial charge on any atom is 0.313 e. The molecule has 306 valence electrons. The van der Waals surface area contributed by atoms with Crippen LogP contribution in [-0.4, -0.2) is 64.6 Å². The highest BCUT2D eigenvalue weighted by molar-refractivity contribution is 7.86. The van der Waals surface area contributed by atoms with Gasteiger partial charge < -0.3 is 21.1 Å². The van der Waals surface area contributed by atoms with Crippen molar-refractivity contribution in [1.82, 2.24) is 19.9 Å². The Kier molecular flexibility index (Phi) is 11.8. The van der Waals surface area contributed by atoms with Crippen LogP contribution in [0.3, 0.4) is 0 Å². The highest BCUT2D eigenvalue weighted by atomic mass is 32.2. The Morgan fingerprint density at radius 2 is 1.53 bits per heavy atom. The van der Waals surface area contributed by atoms with Gasteiger partial charge in [0.2, 0.25) is 11.8 Å². The zero-order valence-corrected chi connectivity index (χ0v) is 32.0. The zero-order valence-electron chi connectivity index (χ0n) is 30.4. The fourth-order valence-corrected chi connectivity index (χ4v) is 6.99. The van der Waals surface area contributed by atoms with E-state index < -0.39 is 82.4 Å². The minimum absolute atomic E-state index is 0.0111. The van der Waals surface area contributed by atoms with E-state index in [4.69, 9.17) is 5.73 Å². The van der Waals surface area contributed by atoms with Gasteiger partial charge in [0, 0.05) is 25.3 Å². The summed E-state index contributed by atoms with van der Waals surface area (Å²) in [6, 6.07) is 12.9. The van der Waals surface area contributed by atoms with E-state index in [1.165, 1.54) is 13.0 Å². The molecule has 6 N–H and O–H groups in total. The number of nitrogens with two attached hydrogens (primary N) is 1. The zero-order chi connectivity index (χ0) is 42.8. The van der Waals surface area contributed by atoms with Gasteiger partial charge in [0.05, 0.1) is 16.8 Å². The number of phenols is 1. The molecule has 0 fully saturated rings. The van der Waals surface area contributed by atoms with E-state index in [1.807, 2.05) is 0 Å². The Balaban J connectivity index is 1.30. The third-order valence-corrected chi connectivity index (χ3v) is 10.3. The van der Waals surface area contributed by atoms with Crippen molar-refractivity contribution in [2.24, 2.45) is 20.5 Å². The number of hydrogen-bond acceptors (Lipinski definition) is 16. The molecule has 0 amide bonds. The molecule has 0 aliphatic heterocycles. The maximum atomic E-state index is 14.2. The number of azo groups is 2. The number of phenolic OH excluding ortho intramolecular Hbond substituents is 1. The number of nitrogens with one attached hydrogen (secondary N) is 1. The second-order valence-corrected chi connectivity index (χ2v) is 15.4. The average molecular weight is 856 g/mol. The van der Waals surface area contributed by atoms with Gasteiger partial charge in [-0.15, -0.1) is 15.3 Å². The van der Waals surface area contributed by atoms with Crippen molar-refractivity contribution in [2.75, 3.05) is 29.5 Å². The number of aromatic nitrogens is 4. The van der Waals surface area contributed by atoms with Gasteiger partial charge in [-0.25, -0.2) is 9.97 Å². The minimum atomic E-state index is -4.98. The van der Waals surface area contributed by atoms with Crippen molar-refractivity contribution in [3.05, 3.63) is 102 Å². The van der Waals surface area contributed by atoms with Crippen molar-refractivity contribution in [1.29, 1.82) is 0 Å². The van der Waals surface area contributed by atoms with Crippen molar-refractivity contribution in [3.8, 4) is 5.75 Å². The van der Waals surface area contributed by atoms with Crippen molar-refractivity contribution in [2.45, 2.75) is 29.6 Å². The third-order valence-electron chi connectivity index (χ3n) is 8.53. The molecule has 2 heterocycles. The van der Waals surface area contributed by atoms with Crippen molar-refractivity contribution >= 4 is 76.8 Å². The first kappa shape index (κ1) is 41.9. The summed E-state index contributed by atoms with van der Waals surface area (Å²) in [6.07, 6.45) is 0.668. The van der Waals surface area contributed by atoms with Gasteiger partial charge in [0.1, 0.15) is 39.0 Å². The number of aryl methyl sites for hydroxylation is 2. The number of rotatable bonds is 13. The Labute approximate surface area is 331 Å². The molecule has 0 aliphatic rings. The Hall–Kier alpha value is -6.76. The van der Waals surface area contributed by atoms with Crippen molar-refractivity contribution < 1.29 is 48.6 Å². The highest BCUT2D eigenvalue weighted by Gasteiger charge is 2.25. The van der Waals surface area contributed by atoms with Crippen molar-refractivity contribution in [3.63, 3.8) is 0 Å². The number of aromatic hydroxyl groups is 1. The highest BCUT2D eigenvalue weighted by Crippen LogP contribution is 2.47. The SMILES string of the molecule is Cc1cc2cc(S(=O)(=O)O)c(N=Nc3ccc(CCCN(C)c4cc(F)nc(F)n4)cc3)c(N)c2c(O)c1N=Nc1cc(Nc2ncnc(F)c2F)ccc1S(=O)(=O)O. The predicted molar refractivity (Wildman–Crippen MR) is 204 cm³/mol. The molecule has 0 radical (unpaired) electrons. The van der Waals surface area contributed by atoms with Crippen LogP contribution in [0.5, 0.6) is 5.75 Å². The van der Waals surface area contributed by atoms with Crippen LogP contribution in [0.1, 0.15) is 17.5 Å². The smallest absolute Gasteiger partial charge is 0.313 e. The van der Waals surface area contributed by atoms with Gasteiger partial charge >= 0.3 is 6.08 Å². The summed E-state index contributed by atoms with van der Waals surface area (Å²) >= 11 is 0. The van der Waals surface area contributed by atoms with Gasteiger partial charge in [-0.1, -0.05) is 12.1 Å². The number of hydrogen-bond donors (Lipinski definition) is 5. The molecular weight excluding hydrogens is 827 g/mol. The largest absolute Gasteiger partial charge is 0.505 e. The van der Waals surface area contributed by atoms with E-state index in [0.29, 0.717) is 19.4 Å². The first-order valence-corrected chi connectivity index (χ1v) is 19.6. The number of nitrogens with zero attached hydrogens (tertiary/aromatic N) is 9. The Morgan fingerprint density at radius 1 is 0.831 bits per heavy atom. The fraction of sp³-hybridized carbons (Fsp3) is 0.143. The molecule has 6 aromatic rings. The lowest BCUT2D eigenvalue weighted by Crippen LogP contribution is -2.21. The van der Waals surface area contributed by atoms with Crippen LogP contribution in [0.2, 0.25) is 0 Å². The molecule has 0 unspecified atom stereocenters. The number of anilines is 4. The second kappa shape index (κ2) is 16.6. The van der Waals surface area contributed by atoms with Gasteiger partial charge in [-0.05, 0) is 78.7 Å². The van der Waals surface area contributed by atoms with E-state index in [2.05, 4.69) is 45.7 Å². The minimum Gasteiger partial charge on any atom is -0.505 e. The van der Waals surface area contributed by atoms with Crippen LogP contribution in [0.25, 0.3) is 10.8 Å². The van der Waals surface area contributed by atoms with Crippen LogP contribution < -0.4 is 16.0 Å². The summed E-state index contributed by atoms with van der Waals surface area (Å²) in [5.74, 6) is -5.10. The lowest BCUT2D eigenvalue weighted by atomic mass is 10.0. The molecule has 0 bridgehead atoms. The summed E-state index contributed by atoms with van der Waals surface area (Å²) in [5.41, 5.74) is 5.70. The summed E-state index contributed by atoms with van der Waals surface area (Å²) in [6.45, 7) is 1.83. The van der Waals surface area contributed by atoms with Crippen LogP contribution in [0.4, 0.5) is 63.3 Å². The van der Waals surface area contributed by atoms with E-state index in [-0.39, 0.29) is 39.2 Å². The first-order valence-electron chi connectivity index (χ1n) is 16.7. The van der Waals surface area contributed by atoms with Crippen LogP contribution in [0.15, 0.2) is 97.2 Å². The molecular formula is C35H29F4N11O7S2. The molecule has 18 nitrogen and oxygen atoms in total. The third kappa shape index (κ3) is 9.52. The summed E-state index contributed by atoms with van der Waals surface area (Å²) < 4.78 is 124. The number of fused-ring (bicyclic) bond motifs is 1. The van der Waals surface area contributed by atoms with Gasteiger partial charge in [0.15, 0.2) is 11.6 Å². The molecule has 4 aromatic carbocycles. The summed E-state index contributed by atoms with van der Waals surface area (Å²) in [7, 11) is -8.30. The molecule has 24 heteroatoms. The molecule has 0 atom stereocenters. The standard InChI is InChI=1S/C35H29F4N11O7S2/c1-17-12-19-13-24(59(55,56)57)31(49-46-20-7-5-18(6-8-20)4-3-11-50(2)26-15-25(36)44-35(39)45-26)29(40)27(19)32(51)30(17)48-47-22-14-21(9-10-23(22)58(52,53)54)43-34-28(37)33(38)41-16-42-34/h5-10,12-16,51H,3-4,11,40H2,1-2H3,(H,41,42,43)(H,52,53,54)(H,55,56,57). The second-order valence-electron chi connectivity index (χ2n) is 12.6. The van der Waals surface area contributed by atoms with E-state index in [9.17, 15) is 48.6 Å². The fourth-order valence-electron chi connectivity index (χ4n) is 5.71. The summed E-state index contributed by atoms with van der Waals surface area (Å²) in [4.78, 5) is 13.3. The van der Waals surface area contributed by atoms with Gasteiger partial charge in [0.25, 0.3) is 26.2 Å². The molecule has 2 aromatic heterocycles. The molecule has 6 rings (SSSR count). The Bertz CT molecular complexity index is 2890. The van der Waals surface area contributed by atoms with Crippen LogP contribution in [0, 0.1) is 30.7 Å². The van der Waals surface area contributed by atoms with Crippen LogP contribution in [-0.2, 0) is 26.7 Å². The predicted octanol–water partition coefficient (Wildman–Crippen LogP) is 7.71.